The van der Waals surface area contributed by atoms with E-state index in [0.29, 0.717) is 51.7 Å². The molecule has 0 bridgehead atoms. The molecule has 0 amide bonds. The average molecular weight is 609 g/mol. The number of aryl methyl sites for hydroxylation is 1. The van der Waals surface area contributed by atoms with Crippen molar-refractivity contribution >= 4 is 23.4 Å². The van der Waals surface area contributed by atoms with E-state index in [9.17, 15) is 9.59 Å². The summed E-state index contributed by atoms with van der Waals surface area (Å²) in [5, 5.41) is 0. The van der Waals surface area contributed by atoms with Gasteiger partial charge in [0, 0.05) is 5.56 Å². The minimum absolute atomic E-state index is 0.223. The van der Waals surface area contributed by atoms with Crippen molar-refractivity contribution in [2.75, 3.05) is 13.2 Å². The molecule has 1 aliphatic rings. The molecule has 0 spiro atoms. The van der Waals surface area contributed by atoms with Crippen LogP contribution in [0.5, 0.6) is 11.5 Å². The normalized spacial score (nSPS) is 14.5. The lowest BCUT2D eigenvalue weighted by Crippen LogP contribution is -2.39. The number of hydrogen-bond donors (Lipinski definition) is 0. The second-order valence-corrected chi connectivity index (χ2v) is 11.4. The SMILES string of the molecule is C=CCc1cc(/C=c2/sc3n(c2=O)[C@H](c2ccc(C)cc2)C(C(=O)OCC)=C(C)N=3)cc(OCC)c1OCc1ccccc1. The maximum atomic E-state index is 14.1. The Bertz CT molecular complexity index is 1890. The molecule has 0 saturated heterocycles. The van der Waals surface area contributed by atoms with Gasteiger partial charge in [0.1, 0.15) is 6.61 Å². The van der Waals surface area contributed by atoms with Gasteiger partial charge in [-0.15, -0.1) is 6.58 Å². The van der Waals surface area contributed by atoms with Crippen LogP contribution in [0.2, 0.25) is 0 Å². The molecule has 1 aliphatic heterocycles. The molecule has 5 rings (SSSR count). The van der Waals surface area contributed by atoms with Crippen LogP contribution in [-0.2, 0) is 22.6 Å². The predicted octanol–water partition coefficient (Wildman–Crippen LogP) is 5.81. The standard InChI is InChI=1S/C36H36N2O5S/c1-6-12-28-19-26(20-29(41-7-2)33(28)43-22-25-13-10-9-11-14-25)21-30-34(39)38-32(27-17-15-23(4)16-18-27)31(35(40)42-8-3)24(5)37-36(38)44-30/h6,9-11,13-21,32H,1,7-8,12,22H2,2-5H3/b30-21+/t32-/m1/s1. The number of nitrogens with zero attached hydrogens (tertiary/aromatic N) is 2. The number of ether oxygens (including phenoxy) is 3. The van der Waals surface area contributed by atoms with Crippen LogP contribution in [0.4, 0.5) is 0 Å². The number of rotatable bonds is 11. The van der Waals surface area contributed by atoms with Crippen molar-refractivity contribution in [1.29, 1.82) is 0 Å². The van der Waals surface area contributed by atoms with Crippen LogP contribution >= 0.6 is 11.3 Å². The average Bonchev–Trinajstić information content (AvgIpc) is 3.31. The number of benzene rings is 3. The second-order valence-electron chi connectivity index (χ2n) is 10.4. The number of carbonyl (C=O) groups is 1. The molecule has 3 aromatic carbocycles. The number of aromatic nitrogens is 1. The largest absolute Gasteiger partial charge is 0.490 e. The van der Waals surface area contributed by atoms with E-state index in [4.69, 9.17) is 19.2 Å². The Kier molecular flexibility index (Phi) is 9.60. The quantitative estimate of drug-likeness (QED) is 0.159. The van der Waals surface area contributed by atoms with E-state index in [1.165, 1.54) is 11.3 Å². The molecule has 1 aromatic heterocycles. The molecule has 2 heterocycles. The van der Waals surface area contributed by atoms with Crippen LogP contribution < -0.4 is 24.4 Å². The lowest BCUT2D eigenvalue weighted by Gasteiger charge is -2.24. The highest BCUT2D eigenvalue weighted by Gasteiger charge is 2.33. The molecule has 0 N–H and O–H groups in total. The van der Waals surface area contributed by atoms with Gasteiger partial charge in [-0.2, -0.15) is 0 Å². The Morgan fingerprint density at radius 1 is 1.02 bits per heavy atom. The Morgan fingerprint density at radius 3 is 2.45 bits per heavy atom. The summed E-state index contributed by atoms with van der Waals surface area (Å²) in [7, 11) is 0. The summed E-state index contributed by atoms with van der Waals surface area (Å²) < 4.78 is 19.8. The summed E-state index contributed by atoms with van der Waals surface area (Å²) in [6, 6.07) is 21.0. The first kappa shape index (κ1) is 30.8. The molecule has 226 valence electrons. The molecular formula is C36H36N2O5S. The number of thiazole rings is 1. The van der Waals surface area contributed by atoms with Crippen molar-refractivity contribution in [3.05, 3.63) is 138 Å². The van der Waals surface area contributed by atoms with Crippen molar-refractivity contribution in [2.24, 2.45) is 4.99 Å². The van der Waals surface area contributed by atoms with Crippen LogP contribution in [0.15, 0.2) is 100 Å². The fourth-order valence-electron chi connectivity index (χ4n) is 5.24. The first-order valence-electron chi connectivity index (χ1n) is 14.7. The smallest absolute Gasteiger partial charge is 0.338 e. The summed E-state index contributed by atoms with van der Waals surface area (Å²) in [6.07, 6.45) is 4.22. The third-order valence-electron chi connectivity index (χ3n) is 7.25. The van der Waals surface area contributed by atoms with Gasteiger partial charge >= 0.3 is 5.97 Å². The third-order valence-corrected chi connectivity index (χ3v) is 8.24. The second kappa shape index (κ2) is 13.7. The summed E-state index contributed by atoms with van der Waals surface area (Å²) in [5.41, 5.74) is 5.29. The van der Waals surface area contributed by atoms with Gasteiger partial charge in [0.25, 0.3) is 5.56 Å². The van der Waals surface area contributed by atoms with Crippen LogP contribution in [0.25, 0.3) is 6.08 Å². The molecule has 0 unspecified atom stereocenters. The molecule has 1 atom stereocenters. The molecule has 44 heavy (non-hydrogen) atoms. The fraction of sp³-hybridized carbons (Fsp3) is 0.250. The highest BCUT2D eigenvalue weighted by Crippen LogP contribution is 2.35. The van der Waals surface area contributed by atoms with Gasteiger partial charge in [-0.05, 0) is 69.0 Å². The minimum atomic E-state index is -0.655. The lowest BCUT2D eigenvalue weighted by atomic mass is 9.95. The Hall–Kier alpha value is -4.69. The summed E-state index contributed by atoms with van der Waals surface area (Å²) in [4.78, 5) is 32.5. The van der Waals surface area contributed by atoms with Gasteiger partial charge in [-0.25, -0.2) is 9.79 Å². The first-order valence-corrected chi connectivity index (χ1v) is 15.5. The van der Waals surface area contributed by atoms with Crippen molar-refractivity contribution in [1.82, 2.24) is 4.57 Å². The molecule has 8 heteroatoms. The van der Waals surface area contributed by atoms with E-state index in [2.05, 4.69) is 6.58 Å². The lowest BCUT2D eigenvalue weighted by molar-refractivity contribution is -0.139. The van der Waals surface area contributed by atoms with Gasteiger partial charge in [-0.3, -0.25) is 9.36 Å². The number of carbonyl (C=O) groups excluding carboxylic acids is 1. The van der Waals surface area contributed by atoms with Gasteiger partial charge in [0.15, 0.2) is 16.3 Å². The molecule has 0 fully saturated rings. The summed E-state index contributed by atoms with van der Waals surface area (Å²) in [6.45, 7) is 12.5. The number of hydrogen-bond acceptors (Lipinski definition) is 7. The van der Waals surface area contributed by atoms with E-state index in [1.807, 2.05) is 92.7 Å². The van der Waals surface area contributed by atoms with Crippen molar-refractivity contribution in [2.45, 2.75) is 46.8 Å². The number of esters is 1. The number of fused-ring (bicyclic) bond motifs is 1. The zero-order chi connectivity index (χ0) is 31.2. The van der Waals surface area contributed by atoms with E-state index < -0.39 is 12.0 Å². The molecule has 0 aliphatic carbocycles. The molecule has 0 saturated carbocycles. The molecule has 0 radical (unpaired) electrons. The summed E-state index contributed by atoms with van der Waals surface area (Å²) in [5.74, 6) is 0.776. The maximum absolute atomic E-state index is 14.1. The zero-order valence-corrected chi connectivity index (χ0v) is 26.3. The van der Waals surface area contributed by atoms with E-state index in [-0.39, 0.29) is 12.2 Å². The molecule has 4 aromatic rings. The Labute approximate surface area is 261 Å². The van der Waals surface area contributed by atoms with Gasteiger partial charge < -0.3 is 14.2 Å². The number of allylic oxidation sites excluding steroid dienone is 2. The third kappa shape index (κ3) is 6.45. The topological polar surface area (TPSA) is 79.1 Å². The summed E-state index contributed by atoms with van der Waals surface area (Å²) >= 11 is 1.29. The van der Waals surface area contributed by atoms with Crippen LogP contribution in [0.3, 0.4) is 0 Å². The van der Waals surface area contributed by atoms with Gasteiger partial charge in [0.05, 0.1) is 35.1 Å². The minimum Gasteiger partial charge on any atom is -0.490 e. The Morgan fingerprint density at radius 2 is 1.77 bits per heavy atom. The zero-order valence-electron chi connectivity index (χ0n) is 25.5. The van der Waals surface area contributed by atoms with Crippen LogP contribution in [-0.4, -0.2) is 23.8 Å². The fourth-order valence-corrected chi connectivity index (χ4v) is 6.28. The Balaban J connectivity index is 1.63. The van der Waals surface area contributed by atoms with Crippen molar-refractivity contribution < 1.29 is 19.0 Å². The van der Waals surface area contributed by atoms with Crippen molar-refractivity contribution in [3.8, 4) is 11.5 Å². The van der Waals surface area contributed by atoms with Crippen LogP contribution in [0, 0.1) is 6.92 Å². The van der Waals surface area contributed by atoms with Crippen molar-refractivity contribution in [3.63, 3.8) is 0 Å². The highest BCUT2D eigenvalue weighted by atomic mass is 32.1. The first-order chi connectivity index (χ1) is 21.3. The van der Waals surface area contributed by atoms with Crippen LogP contribution in [0.1, 0.15) is 54.6 Å². The predicted molar refractivity (Wildman–Crippen MR) is 174 cm³/mol. The van der Waals surface area contributed by atoms with E-state index in [1.54, 1.807) is 18.4 Å². The van der Waals surface area contributed by atoms with E-state index in [0.717, 1.165) is 27.8 Å². The highest BCUT2D eigenvalue weighted by molar-refractivity contribution is 7.07. The molecular weight excluding hydrogens is 572 g/mol. The van der Waals surface area contributed by atoms with Gasteiger partial charge in [0.2, 0.25) is 0 Å². The van der Waals surface area contributed by atoms with E-state index >= 15 is 0 Å². The monoisotopic (exact) mass is 608 g/mol. The van der Waals surface area contributed by atoms with Gasteiger partial charge in [-0.1, -0.05) is 77.6 Å². The maximum Gasteiger partial charge on any atom is 0.338 e. The molecule has 7 nitrogen and oxygen atoms in total.